The lowest BCUT2D eigenvalue weighted by molar-refractivity contribution is -0.384. The first kappa shape index (κ1) is 17.1. The van der Waals surface area contributed by atoms with Crippen LogP contribution >= 0.6 is 12.2 Å². The number of nitrogens with one attached hydrogen (secondary N) is 2. The molecule has 1 aromatic rings. The second-order valence-corrected chi connectivity index (χ2v) is 5.78. The van der Waals surface area contributed by atoms with Crippen molar-refractivity contribution in [3.05, 3.63) is 51.6 Å². The number of benzene rings is 1. The number of thiocarbonyl (C=S) groups is 1. The number of hydrogen-bond acceptors (Lipinski definition) is 4. The Balaban J connectivity index is 1.76. The highest BCUT2D eigenvalue weighted by molar-refractivity contribution is 7.80. The number of amides is 1. The van der Waals surface area contributed by atoms with Crippen LogP contribution in [0.2, 0.25) is 0 Å². The van der Waals surface area contributed by atoms with E-state index in [1.807, 2.05) is 0 Å². The highest BCUT2D eigenvalue weighted by Crippen LogP contribution is 2.19. The number of rotatable bonds is 5. The van der Waals surface area contributed by atoms with Gasteiger partial charge in [-0.2, -0.15) is 0 Å². The quantitative estimate of drug-likeness (QED) is 0.374. The number of hydrogen-bond donors (Lipinski definition) is 2. The maximum absolute atomic E-state index is 12.0. The van der Waals surface area contributed by atoms with Crippen LogP contribution in [0.3, 0.4) is 0 Å². The van der Waals surface area contributed by atoms with Gasteiger partial charge in [-0.1, -0.05) is 11.6 Å². The molecular formula is C16H19N3O3S. The first-order valence-electron chi connectivity index (χ1n) is 7.58. The van der Waals surface area contributed by atoms with E-state index in [0.717, 1.165) is 19.3 Å². The maximum atomic E-state index is 12.0. The van der Waals surface area contributed by atoms with E-state index in [4.69, 9.17) is 12.2 Å². The van der Waals surface area contributed by atoms with Crippen molar-refractivity contribution in [1.29, 1.82) is 0 Å². The van der Waals surface area contributed by atoms with E-state index in [2.05, 4.69) is 16.7 Å². The van der Waals surface area contributed by atoms with Crippen LogP contribution in [-0.2, 0) is 0 Å². The van der Waals surface area contributed by atoms with Crippen LogP contribution in [0.25, 0.3) is 0 Å². The first-order valence-corrected chi connectivity index (χ1v) is 7.98. The molecule has 2 N–H and O–H groups in total. The Morgan fingerprint density at radius 3 is 2.61 bits per heavy atom. The summed E-state index contributed by atoms with van der Waals surface area (Å²) in [6, 6.07) is 5.40. The van der Waals surface area contributed by atoms with Gasteiger partial charge in [-0.3, -0.25) is 20.2 Å². The van der Waals surface area contributed by atoms with E-state index in [0.29, 0.717) is 12.1 Å². The number of carbonyl (C=O) groups excluding carboxylic acids is 1. The summed E-state index contributed by atoms with van der Waals surface area (Å²) >= 11 is 5.09. The van der Waals surface area contributed by atoms with Crippen molar-refractivity contribution in [2.45, 2.75) is 32.1 Å². The molecule has 7 heteroatoms. The van der Waals surface area contributed by atoms with Gasteiger partial charge in [-0.05, 0) is 56.5 Å². The first-order chi connectivity index (χ1) is 11.1. The Labute approximate surface area is 140 Å². The zero-order chi connectivity index (χ0) is 16.7. The summed E-state index contributed by atoms with van der Waals surface area (Å²) in [6.45, 7) is 0.686. The van der Waals surface area contributed by atoms with Gasteiger partial charge >= 0.3 is 0 Å². The standard InChI is InChI=1S/C16H19N3O3S/c20-15(13-6-8-14(9-7-13)19(21)22)18-16(23)17-11-10-12-4-2-1-3-5-12/h4,6-9H,1-3,5,10-11H2,(H2,17,18,20,23). The predicted octanol–water partition coefficient (Wildman–Crippen LogP) is 3.09. The van der Waals surface area contributed by atoms with Crippen LogP contribution in [0, 0.1) is 10.1 Å². The minimum Gasteiger partial charge on any atom is -0.362 e. The van der Waals surface area contributed by atoms with Crippen molar-refractivity contribution in [2.75, 3.05) is 6.54 Å². The molecule has 1 aliphatic rings. The Bertz CT molecular complexity index is 626. The van der Waals surface area contributed by atoms with E-state index in [9.17, 15) is 14.9 Å². The SMILES string of the molecule is O=C(NC(=S)NCCC1=CCCCC1)c1ccc([N+](=O)[O-])cc1. The Morgan fingerprint density at radius 1 is 1.26 bits per heavy atom. The number of nitro benzene ring substituents is 1. The Hall–Kier alpha value is -2.28. The number of nitrogens with zero attached hydrogens (tertiary/aromatic N) is 1. The van der Waals surface area contributed by atoms with Gasteiger partial charge in [0.2, 0.25) is 0 Å². The molecule has 0 unspecified atom stereocenters. The van der Waals surface area contributed by atoms with Gasteiger partial charge in [0.25, 0.3) is 11.6 Å². The van der Waals surface area contributed by atoms with E-state index in [1.165, 1.54) is 42.7 Å². The number of nitro groups is 1. The third kappa shape index (κ3) is 5.45. The molecule has 0 radical (unpaired) electrons. The average molecular weight is 333 g/mol. The summed E-state index contributed by atoms with van der Waals surface area (Å²) in [5, 5.41) is 16.4. The monoisotopic (exact) mass is 333 g/mol. The van der Waals surface area contributed by atoms with Gasteiger partial charge in [0, 0.05) is 24.2 Å². The van der Waals surface area contributed by atoms with Crippen molar-refractivity contribution in [3.8, 4) is 0 Å². The Kier molecular flexibility index (Phi) is 6.22. The van der Waals surface area contributed by atoms with Gasteiger partial charge in [0.05, 0.1) is 4.92 Å². The van der Waals surface area contributed by atoms with Gasteiger partial charge in [-0.25, -0.2) is 0 Å². The van der Waals surface area contributed by atoms with Crippen molar-refractivity contribution in [2.24, 2.45) is 0 Å². The average Bonchev–Trinajstić information content (AvgIpc) is 2.56. The minimum absolute atomic E-state index is 0.0528. The number of carbonyl (C=O) groups is 1. The van der Waals surface area contributed by atoms with E-state index < -0.39 is 4.92 Å². The van der Waals surface area contributed by atoms with Gasteiger partial charge in [-0.15, -0.1) is 0 Å². The zero-order valence-corrected chi connectivity index (χ0v) is 13.5. The third-order valence-electron chi connectivity index (χ3n) is 3.68. The highest BCUT2D eigenvalue weighted by Gasteiger charge is 2.11. The summed E-state index contributed by atoms with van der Waals surface area (Å²) in [4.78, 5) is 22.1. The molecule has 0 atom stereocenters. The van der Waals surface area contributed by atoms with Crippen molar-refractivity contribution in [1.82, 2.24) is 10.6 Å². The molecular weight excluding hydrogens is 314 g/mol. The van der Waals surface area contributed by atoms with Gasteiger partial charge in [0.15, 0.2) is 5.11 Å². The lowest BCUT2D eigenvalue weighted by Gasteiger charge is -2.14. The third-order valence-corrected chi connectivity index (χ3v) is 3.93. The van der Waals surface area contributed by atoms with Crippen LogP contribution in [0.1, 0.15) is 42.5 Å². The number of non-ortho nitro benzene ring substituents is 1. The molecule has 0 aliphatic heterocycles. The molecule has 122 valence electrons. The molecule has 1 amide bonds. The zero-order valence-electron chi connectivity index (χ0n) is 12.7. The molecule has 0 fully saturated rings. The summed E-state index contributed by atoms with van der Waals surface area (Å²) in [6.07, 6.45) is 8.01. The van der Waals surface area contributed by atoms with Crippen molar-refractivity contribution in [3.63, 3.8) is 0 Å². The lowest BCUT2D eigenvalue weighted by Crippen LogP contribution is -2.39. The fourth-order valence-electron chi connectivity index (χ4n) is 2.42. The van der Waals surface area contributed by atoms with E-state index >= 15 is 0 Å². The van der Waals surface area contributed by atoms with Crippen molar-refractivity contribution >= 4 is 28.9 Å². The molecule has 0 heterocycles. The predicted molar refractivity (Wildman–Crippen MR) is 92.3 cm³/mol. The highest BCUT2D eigenvalue weighted by atomic mass is 32.1. The Morgan fingerprint density at radius 2 is 2.00 bits per heavy atom. The van der Waals surface area contributed by atoms with Gasteiger partial charge < -0.3 is 5.32 Å². The molecule has 1 aromatic carbocycles. The molecule has 0 spiro atoms. The summed E-state index contributed by atoms with van der Waals surface area (Å²) < 4.78 is 0. The van der Waals surface area contributed by atoms with Gasteiger partial charge in [0.1, 0.15) is 0 Å². The second-order valence-electron chi connectivity index (χ2n) is 5.37. The summed E-state index contributed by atoms with van der Waals surface area (Å²) in [5.74, 6) is -0.380. The van der Waals surface area contributed by atoms with Crippen LogP contribution in [0.4, 0.5) is 5.69 Å². The van der Waals surface area contributed by atoms with Crippen molar-refractivity contribution < 1.29 is 9.72 Å². The summed E-state index contributed by atoms with van der Waals surface area (Å²) in [5.41, 5.74) is 1.71. The largest absolute Gasteiger partial charge is 0.362 e. The molecule has 1 aliphatic carbocycles. The molecule has 6 nitrogen and oxygen atoms in total. The molecule has 23 heavy (non-hydrogen) atoms. The minimum atomic E-state index is -0.506. The van der Waals surface area contributed by atoms with E-state index in [1.54, 1.807) is 0 Å². The normalized spacial score (nSPS) is 13.8. The van der Waals surface area contributed by atoms with Crippen LogP contribution in [-0.4, -0.2) is 22.5 Å². The molecule has 2 rings (SSSR count). The second kappa shape index (κ2) is 8.38. The maximum Gasteiger partial charge on any atom is 0.269 e. The molecule has 0 aromatic heterocycles. The topological polar surface area (TPSA) is 84.3 Å². The fraction of sp³-hybridized carbons (Fsp3) is 0.375. The van der Waals surface area contributed by atoms with E-state index in [-0.39, 0.29) is 16.7 Å². The number of allylic oxidation sites excluding steroid dienone is 1. The van der Waals surface area contributed by atoms with Crippen LogP contribution in [0.5, 0.6) is 0 Å². The molecule has 0 saturated carbocycles. The van der Waals surface area contributed by atoms with Crippen LogP contribution < -0.4 is 10.6 Å². The lowest BCUT2D eigenvalue weighted by atomic mass is 9.97. The smallest absolute Gasteiger partial charge is 0.269 e. The summed E-state index contributed by atoms with van der Waals surface area (Å²) in [7, 11) is 0. The molecule has 0 saturated heterocycles. The van der Waals surface area contributed by atoms with Crippen LogP contribution in [0.15, 0.2) is 35.9 Å². The fourth-order valence-corrected chi connectivity index (χ4v) is 2.62. The molecule has 0 bridgehead atoms.